The zero-order chi connectivity index (χ0) is 10.6. The van der Waals surface area contributed by atoms with E-state index in [1.807, 2.05) is 25.1 Å². The van der Waals surface area contributed by atoms with Crippen molar-refractivity contribution in [3.8, 4) is 5.75 Å². The van der Waals surface area contributed by atoms with Gasteiger partial charge in [0.15, 0.2) is 0 Å². The molecule has 1 rings (SSSR count). The number of ether oxygens (including phenoxy) is 1. The molecular weight excluding hydrogens is 174 g/mol. The molecule has 2 heteroatoms. The number of benzene rings is 1. The van der Waals surface area contributed by atoms with Crippen molar-refractivity contribution in [2.75, 3.05) is 6.61 Å². The van der Waals surface area contributed by atoms with Crippen LogP contribution in [0.4, 0.5) is 0 Å². The molecule has 0 atom stereocenters. The average molecular weight is 189 g/mol. The van der Waals surface area contributed by atoms with E-state index >= 15 is 0 Å². The van der Waals surface area contributed by atoms with Crippen molar-refractivity contribution >= 4 is 5.71 Å². The highest BCUT2D eigenvalue weighted by Crippen LogP contribution is 2.19. The predicted octanol–water partition coefficient (Wildman–Crippen LogP) is 2.95. The third-order valence-electron chi connectivity index (χ3n) is 1.96. The van der Waals surface area contributed by atoms with Crippen LogP contribution < -0.4 is 4.74 Å². The minimum Gasteiger partial charge on any atom is -0.489 e. The van der Waals surface area contributed by atoms with Gasteiger partial charge in [-0.05, 0) is 43.2 Å². The Labute approximate surface area is 84.7 Å². The lowest BCUT2D eigenvalue weighted by Crippen LogP contribution is -1.98. The first kappa shape index (κ1) is 10.5. The number of hydrogen-bond acceptors (Lipinski definition) is 2. The zero-order valence-electron chi connectivity index (χ0n) is 8.63. The zero-order valence-corrected chi connectivity index (χ0v) is 8.63. The van der Waals surface area contributed by atoms with E-state index in [4.69, 9.17) is 10.1 Å². The highest BCUT2D eigenvalue weighted by Gasteiger charge is 2.01. The lowest BCUT2D eigenvalue weighted by atomic mass is 10.1. The maximum atomic E-state index is 7.48. The van der Waals surface area contributed by atoms with Gasteiger partial charge in [-0.25, -0.2) is 0 Å². The summed E-state index contributed by atoms with van der Waals surface area (Å²) in [4.78, 5) is 0. The van der Waals surface area contributed by atoms with Gasteiger partial charge in [-0.2, -0.15) is 0 Å². The molecule has 0 bridgehead atoms. The molecule has 0 spiro atoms. The smallest absolute Gasteiger partial charge is 0.122 e. The van der Waals surface area contributed by atoms with E-state index in [0.717, 1.165) is 16.9 Å². The molecule has 0 amide bonds. The van der Waals surface area contributed by atoms with Crippen molar-refractivity contribution in [1.29, 1.82) is 5.41 Å². The van der Waals surface area contributed by atoms with Gasteiger partial charge in [-0.15, -0.1) is 0 Å². The summed E-state index contributed by atoms with van der Waals surface area (Å²) >= 11 is 0. The van der Waals surface area contributed by atoms with Crippen molar-refractivity contribution in [2.45, 2.75) is 13.8 Å². The highest BCUT2D eigenvalue weighted by molar-refractivity contribution is 5.96. The molecule has 74 valence electrons. The number of rotatable bonds is 4. The summed E-state index contributed by atoms with van der Waals surface area (Å²) in [5.41, 5.74) is 2.56. The standard InChI is InChI=1S/C12H15NO/c1-4-7-14-12-6-5-11(10(3)13)8-9(12)2/h4-6,8,13H,1,7H2,2-3H3. The van der Waals surface area contributed by atoms with E-state index in [1.54, 1.807) is 13.0 Å². The highest BCUT2D eigenvalue weighted by atomic mass is 16.5. The summed E-state index contributed by atoms with van der Waals surface area (Å²) < 4.78 is 5.43. The van der Waals surface area contributed by atoms with Crippen LogP contribution in [0.15, 0.2) is 30.9 Å². The lowest BCUT2D eigenvalue weighted by molar-refractivity contribution is 0.360. The van der Waals surface area contributed by atoms with Crippen LogP contribution in [0.25, 0.3) is 0 Å². The fourth-order valence-electron chi connectivity index (χ4n) is 1.19. The minimum absolute atomic E-state index is 0.518. The Morgan fingerprint density at radius 3 is 2.79 bits per heavy atom. The minimum atomic E-state index is 0.518. The van der Waals surface area contributed by atoms with Gasteiger partial charge >= 0.3 is 0 Å². The van der Waals surface area contributed by atoms with Crippen LogP contribution in [0.5, 0.6) is 5.75 Å². The van der Waals surface area contributed by atoms with Gasteiger partial charge in [0.1, 0.15) is 12.4 Å². The Hall–Kier alpha value is -1.57. The second kappa shape index (κ2) is 4.61. The first-order valence-corrected chi connectivity index (χ1v) is 4.55. The third kappa shape index (κ3) is 2.46. The van der Waals surface area contributed by atoms with Crippen LogP contribution >= 0.6 is 0 Å². The molecule has 0 saturated heterocycles. The van der Waals surface area contributed by atoms with Crippen LogP contribution in [0.3, 0.4) is 0 Å². The summed E-state index contributed by atoms with van der Waals surface area (Å²) in [6, 6.07) is 5.75. The molecule has 14 heavy (non-hydrogen) atoms. The van der Waals surface area contributed by atoms with Crippen molar-refractivity contribution in [2.24, 2.45) is 0 Å². The number of nitrogens with one attached hydrogen (secondary N) is 1. The molecule has 1 aromatic carbocycles. The van der Waals surface area contributed by atoms with E-state index in [0.29, 0.717) is 12.3 Å². The topological polar surface area (TPSA) is 33.1 Å². The van der Waals surface area contributed by atoms with Gasteiger partial charge in [0.2, 0.25) is 0 Å². The Morgan fingerprint density at radius 2 is 2.29 bits per heavy atom. The van der Waals surface area contributed by atoms with Gasteiger partial charge in [0.25, 0.3) is 0 Å². The molecule has 0 aliphatic rings. The van der Waals surface area contributed by atoms with Crippen molar-refractivity contribution in [1.82, 2.24) is 0 Å². The maximum Gasteiger partial charge on any atom is 0.122 e. The fourth-order valence-corrected chi connectivity index (χ4v) is 1.19. The van der Waals surface area contributed by atoms with Crippen LogP contribution in [-0.4, -0.2) is 12.3 Å². The van der Waals surface area contributed by atoms with Crippen LogP contribution in [-0.2, 0) is 0 Å². The molecule has 0 heterocycles. The Morgan fingerprint density at radius 1 is 1.57 bits per heavy atom. The molecule has 0 fully saturated rings. The maximum absolute atomic E-state index is 7.48. The molecule has 2 nitrogen and oxygen atoms in total. The number of aryl methyl sites for hydroxylation is 1. The molecule has 0 radical (unpaired) electrons. The Kier molecular flexibility index (Phi) is 3.46. The monoisotopic (exact) mass is 189 g/mol. The van der Waals surface area contributed by atoms with E-state index in [2.05, 4.69) is 6.58 Å². The summed E-state index contributed by atoms with van der Waals surface area (Å²) in [6.07, 6.45) is 1.72. The van der Waals surface area contributed by atoms with Gasteiger partial charge in [-0.3, -0.25) is 0 Å². The molecular formula is C12H15NO. The molecule has 0 aliphatic heterocycles. The summed E-state index contributed by atoms with van der Waals surface area (Å²) in [5.74, 6) is 0.856. The second-order valence-corrected chi connectivity index (χ2v) is 3.20. The van der Waals surface area contributed by atoms with E-state index in [1.165, 1.54) is 0 Å². The van der Waals surface area contributed by atoms with Crippen molar-refractivity contribution in [3.05, 3.63) is 42.0 Å². The van der Waals surface area contributed by atoms with E-state index < -0.39 is 0 Å². The molecule has 0 unspecified atom stereocenters. The summed E-state index contributed by atoms with van der Waals surface area (Å²) in [5, 5.41) is 7.48. The Balaban J connectivity index is 2.89. The molecule has 1 aromatic rings. The molecule has 0 aromatic heterocycles. The first-order valence-electron chi connectivity index (χ1n) is 4.55. The molecule has 0 saturated carbocycles. The number of hydrogen-bond donors (Lipinski definition) is 1. The summed E-state index contributed by atoms with van der Waals surface area (Å²) in [6.45, 7) is 7.86. The van der Waals surface area contributed by atoms with Gasteiger partial charge < -0.3 is 10.1 Å². The largest absolute Gasteiger partial charge is 0.489 e. The van der Waals surface area contributed by atoms with Crippen LogP contribution in [0.1, 0.15) is 18.1 Å². The van der Waals surface area contributed by atoms with Crippen molar-refractivity contribution in [3.63, 3.8) is 0 Å². The lowest BCUT2D eigenvalue weighted by Gasteiger charge is -2.08. The average Bonchev–Trinajstić information content (AvgIpc) is 2.15. The quantitative estimate of drug-likeness (QED) is 0.573. The molecule has 0 aliphatic carbocycles. The van der Waals surface area contributed by atoms with Gasteiger partial charge in [0, 0.05) is 5.71 Å². The third-order valence-corrected chi connectivity index (χ3v) is 1.96. The fraction of sp³-hybridized carbons (Fsp3) is 0.250. The van der Waals surface area contributed by atoms with Gasteiger partial charge in [0.05, 0.1) is 0 Å². The Bertz CT molecular complexity index is 355. The van der Waals surface area contributed by atoms with Gasteiger partial charge in [-0.1, -0.05) is 12.7 Å². The second-order valence-electron chi connectivity index (χ2n) is 3.20. The summed E-state index contributed by atoms with van der Waals surface area (Å²) in [7, 11) is 0. The van der Waals surface area contributed by atoms with E-state index in [9.17, 15) is 0 Å². The molecule has 1 N–H and O–H groups in total. The predicted molar refractivity (Wildman–Crippen MR) is 59.4 cm³/mol. The van der Waals surface area contributed by atoms with Crippen LogP contribution in [0, 0.1) is 12.3 Å². The van der Waals surface area contributed by atoms with Crippen LogP contribution in [0.2, 0.25) is 0 Å². The first-order chi connectivity index (χ1) is 6.65. The normalized spacial score (nSPS) is 9.57. The van der Waals surface area contributed by atoms with E-state index in [-0.39, 0.29) is 0 Å². The SMILES string of the molecule is C=CCOc1ccc(C(C)=N)cc1C. The van der Waals surface area contributed by atoms with Crippen molar-refractivity contribution < 1.29 is 4.74 Å².